The van der Waals surface area contributed by atoms with Crippen LogP contribution in [0.15, 0.2) is 24.5 Å². The predicted octanol–water partition coefficient (Wildman–Crippen LogP) is 1.48. The summed E-state index contributed by atoms with van der Waals surface area (Å²) < 4.78 is 0. The molecule has 1 aromatic rings. The molecule has 3 heteroatoms. The zero-order valence-corrected chi connectivity index (χ0v) is 10.0. The summed E-state index contributed by atoms with van der Waals surface area (Å²) in [6.07, 6.45) is 6.42. The Labute approximate surface area is 97.9 Å². The Kier molecular flexibility index (Phi) is 4.31. The first-order chi connectivity index (χ1) is 7.90. The highest BCUT2D eigenvalue weighted by molar-refractivity contribution is 5.15. The van der Waals surface area contributed by atoms with Gasteiger partial charge in [-0.15, -0.1) is 0 Å². The molecule has 1 aliphatic heterocycles. The molecule has 0 spiro atoms. The highest BCUT2D eigenvalue weighted by Gasteiger charge is 2.19. The zero-order chi connectivity index (χ0) is 11.2. The fourth-order valence-electron chi connectivity index (χ4n) is 2.38. The van der Waals surface area contributed by atoms with Crippen molar-refractivity contribution in [3.8, 4) is 0 Å². The molecule has 2 heterocycles. The van der Waals surface area contributed by atoms with Crippen LogP contribution in [0.4, 0.5) is 0 Å². The molecular weight excluding hydrogens is 198 g/mol. The van der Waals surface area contributed by atoms with E-state index in [9.17, 15) is 0 Å². The minimum atomic E-state index is 0.722. The molecule has 1 fully saturated rings. The average Bonchev–Trinajstić information content (AvgIpc) is 2.38. The number of likely N-dealkylation sites (N-methyl/N-ethyl adjacent to an activating group) is 1. The van der Waals surface area contributed by atoms with Crippen LogP contribution in [0.2, 0.25) is 0 Å². The number of hydrogen-bond acceptors (Lipinski definition) is 3. The van der Waals surface area contributed by atoms with E-state index in [4.69, 9.17) is 0 Å². The van der Waals surface area contributed by atoms with Gasteiger partial charge in [-0.25, -0.2) is 0 Å². The number of hydrogen-bond donors (Lipinski definition) is 1. The number of rotatable bonds is 4. The first kappa shape index (κ1) is 11.6. The molecule has 0 saturated carbocycles. The van der Waals surface area contributed by atoms with Crippen LogP contribution in [-0.2, 0) is 0 Å². The van der Waals surface area contributed by atoms with Gasteiger partial charge in [-0.05, 0) is 50.5 Å². The SMILES string of the molecule is CNCCN1CCC(c2cccnc2)CC1. The standard InChI is InChI=1S/C13H21N3/c1-14-7-10-16-8-4-12(5-9-16)13-3-2-6-15-11-13/h2-3,6,11-12,14H,4-5,7-10H2,1H3. The molecule has 0 bridgehead atoms. The van der Waals surface area contributed by atoms with Gasteiger partial charge in [0.25, 0.3) is 0 Å². The van der Waals surface area contributed by atoms with Crippen LogP contribution in [0.3, 0.4) is 0 Å². The molecule has 1 aromatic heterocycles. The normalized spacial score (nSPS) is 18.8. The van der Waals surface area contributed by atoms with Gasteiger partial charge in [-0.3, -0.25) is 4.98 Å². The Hall–Kier alpha value is -0.930. The van der Waals surface area contributed by atoms with E-state index in [1.807, 2.05) is 25.5 Å². The molecule has 0 aliphatic carbocycles. The van der Waals surface area contributed by atoms with E-state index in [2.05, 4.69) is 21.3 Å². The predicted molar refractivity (Wildman–Crippen MR) is 66.6 cm³/mol. The number of nitrogens with zero attached hydrogens (tertiary/aromatic N) is 2. The second kappa shape index (κ2) is 5.97. The molecule has 0 radical (unpaired) electrons. The molecule has 1 saturated heterocycles. The van der Waals surface area contributed by atoms with Crippen LogP contribution in [0.5, 0.6) is 0 Å². The Bertz CT molecular complexity index is 291. The van der Waals surface area contributed by atoms with E-state index in [0.717, 1.165) is 12.5 Å². The fraction of sp³-hybridized carbons (Fsp3) is 0.615. The third-order valence-electron chi connectivity index (χ3n) is 3.42. The monoisotopic (exact) mass is 219 g/mol. The zero-order valence-electron chi connectivity index (χ0n) is 10.0. The quantitative estimate of drug-likeness (QED) is 0.831. The highest BCUT2D eigenvalue weighted by atomic mass is 15.1. The molecule has 88 valence electrons. The number of piperidine rings is 1. The molecule has 0 aromatic carbocycles. The van der Waals surface area contributed by atoms with Gasteiger partial charge in [0.05, 0.1) is 0 Å². The molecule has 0 amide bonds. The topological polar surface area (TPSA) is 28.2 Å². The maximum absolute atomic E-state index is 4.20. The van der Waals surface area contributed by atoms with Crippen LogP contribution in [0.25, 0.3) is 0 Å². The Morgan fingerprint density at radius 3 is 2.88 bits per heavy atom. The number of nitrogens with one attached hydrogen (secondary N) is 1. The lowest BCUT2D eigenvalue weighted by Crippen LogP contribution is -2.37. The van der Waals surface area contributed by atoms with E-state index in [-0.39, 0.29) is 0 Å². The molecule has 0 unspecified atom stereocenters. The first-order valence-electron chi connectivity index (χ1n) is 6.17. The smallest absolute Gasteiger partial charge is 0.0302 e. The van der Waals surface area contributed by atoms with Gasteiger partial charge in [0.2, 0.25) is 0 Å². The van der Waals surface area contributed by atoms with Gasteiger partial charge in [0.15, 0.2) is 0 Å². The second-order valence-electron chi connectivity index (χ2n) is 4.51. The number of aromatic nitrogens is 1. The van der Waals surface area contributed by atoms with Crippen LogP contribution >= 0.6 is 0 Å². The summed E-state index contributed by atoms with van der Waals surface area (Å²) in [5, 5.41) is 3.21. The summed E-state index contributed by atoms with van der Waals surface area (Å²) in [4.78, 5) is 6.75. The first-order valence-corrected chi connectivity index (χ1v) is 6.17. The van der Waals surface area contributed by atoms with Gasteiger partial charge in [-0.2, -0.15) is 0 Å². The number of pyridine rings is 1. The molecular formula is C13H21N3. The van der Waals surface area contributed by atoms with Crippen molar-refractivity contribution in [2.24, 2.45) is 0 Å². The van der Waals surface area contributed by atoms with Gasteiger partial charge in [0, 0.05) is 25.5 Å². The van der Waals surface area contributed by atoms with Crippen LogP contribution in [0, 0.1) is 0 Å². The van der Waals surface area contributed by atoms with E-state index in [1.165, 1.54) is 38.0 Å². The van der Waals surface area contributed by atoms with E-state index in [1.54, 1.807) is 0 Å². The molecule has 1 aliphatic rings. The van der Waals surface area contributed by atoms with E-state index >= 15 is 0 Å². The summed E-state index contributed by atoms with van der Waals surface area (Å²) in [6.45, 7) is 4.72. The minimum absolute atomic E-state index is 0.722. The van der Waals surface area contributed by atoms with Gasteiger partial charge < -0.3 is 10.2 Å². The van der Waals surface area contributed by atoms with Gasteiger partial charge >= 0.3 is 0 Å². The lowest BCUT2D eigenvalue weighted by molar-refractivity contribution is 0.214. The minimum Gasteiger partial charge on any atom is -0.318 e. The van der Waals surface area contributed by atoms with Crippen molar-refractivity contribution in [2.75, 3.05) is 33.2 Å². The largest absolute Gasteiger partial charge is 0.318 e. The summed E-state index contributed by atoms with van der Waals surface area (Å²) >= 11 is 0. The molecule has 1 N–H and O–H groups in total. The Morgan fingerprint density at radius 2 is 2.25 bits per heavy atom. The molecule has 0 atom stereocenters. The number of likely N-dealkylation sites (tertiary alicyclic amines) is 1. The molecule has 3 nitrogen and oxygen atoms in total. The van der Waals surface area contributed by atoms with Crippen LogP contribution in [-0.4, -0.2) is 43.1 Å². The van der Waals surface area contributed by atoms with E-state index in [0.29, 0.717) is 0 Å². The van der Waals surface area contributed by atoms with Crippen LogP contribution in [0.1, 0.15) is 24.3 Å². The molecule has 16 heavy (non-hydrogen) atoms. The average molecular weight is 219 g/mol. The summed E-state index contributed by atoms with van der Waals surface area (Å²) in [7, 11) is 2.02. The van der Waals surface area contributed by atoms with Crippen molar-refractivity contribution in [2.45, 2.75) is 18.8 Å². The maximum Gasteiger partial charge on any atom is 0.0302 e. The van der Waals surface area contributed by atoms with Crippen molar-refractivity contribution < 1.29 is 0 Å². The van der Waals surface area contributed by atoms with Gasteiger partial charge in [0.1, 0.15) is 0 Å². The third-order valence-corrected chi connectivity index (χ3v) is 3.42. The Balaban J connectivity index is 1.81. The van der Waals surface area contributed by atoms with Gasteiger partial charge in [-0.1, -0.05) is 6.07 Å². The van der Waals surface area contributed by atoms with Crippen molar-refractivity contribution in [1.82, 2.24) is 15.2 Å². The summed E-state index contributed by atoms with van der Waals surface area (Å²) in [5.74, 6) is 0.722. The lowest BCUT2D eigenvalue weighted by Gasteiger charge is -2.31. The van der Waals surface area contributed by atoms with Crippen molar-refractivity contribution in [3.63, 3.8) is 0 Å². The summed E-state index contributed by atoms with van der Waals surface area (Å²) in [5.41, 5.74) is 1.41. The van der Waals surface area contributed by atoms with E-state index < -0.39 is 0 Å². The molecule has 2 rings (SSSR count). The maximum atomic E-state index is 4.20. The second-order valence-corrected chi connectivity index (χ2v) is 4.51. The van der Waals surface area contributed by atoms with Crippen molar-refractivity contribution in [1.29, 1.82) is 0 Å². The Morgan fingerprint density at radius 1 is 1.44 bits per heavy atom. The highest BCUT2D eigenvalue weighted by Crippen LogP contribution is 2.26. The van der Waals surface area contributed by atoms with Crippen LogP contribution < -0.4 is 5.32 Å². The fourth-order valence-corrected chi connectivity index (χ4v) is 2.38. The third kappa shape index (κ3) is 3.03. The van der Waals surface area contributed by atoms with Crippen molar-refractivity contribution >= 4 is 0 Å². The van der Waals surface area contributed by atoms with Crippen molar-refractivity contribution in [3.05, 3.63) is 30.1 Å². The summed E-state index contributed by atoms with van der Waals surface area (Å²) in [6, 6.07) is 4.25. The lowest BCUT2D eigenvalue weighted by atomic mass is 9.90.